The van der Waals surface area contributed by atoms with E-state index in [0.717, 1.165) is 78.3 Å². The highest BCUT2D eigenvalue weighted by Gasteiger charge is 2.28. The number of fused-ring (bicyclic) bond motifs is 2. The number of likely N-dealkylation sites (tertiary alicyclic amines) is 1. The summed E-state index contributed by atoms with van der Waals surface area (Å²) in [6, 6.07) is 6.13. The van der Waals surface area contributed by atoms with E-state index in [1.165, 1.54) is 5.69 Å². The Kier molecular flexibility index (Phi) is 5.62. The van der Waals surface area contributed by atoms with Gasteiger partial charge < -0.3 is 14.7 Å². The number of piperidine rings is 1. The molecule has 182 valence electrons. The van der Waals surface area contributed by atoms with Crippen molar-refractivity contribution in [2.24, 2.45) is 0 Å². The van der Waals surface area contributed by atoms with Crippen LogP contribution >= 0.6 is 0 Å². The van der Waals surface area contributed by atoms with Crippen LogP contribution in [0.1, 0.15) is 30.1 Å². The summed E-state index contributed by atoms with van der Waals surface area (Å²) >= 11 is 0. The lowest BCUT2D eigenvalue weighted by molar-refractivity contribution is -0.138. The molecule has 3 aromatic heterocycles. The molecule has 1 aromatic carbocycles. The number of rotatable bonds is 5. The Balaban J connectivity index is 1.47. The summed E-state index contributed by atoms with van der Waals surface area (Å²) in [4.78, 5) is 25.6. The SMILES string of the molecule is Cc1nc2c(N3CCOCC3)nc(-c3cccc4[nH]ncc34)cn2c1C1CCN(CC(=O)O)CC1. The van der Waals surface area contributed by atoms with Crippen molar-refractivity contribution >= 4 is 28.3 Å². The zero-order valence-corrected chi connectivity index (χ0v) is 19.8. The van der Waals surface area contributed by atoms with Gasteiger partial charge in [0.25, 0.3) is 0 Å². The number of aromatic amines is 1. The maximum atomic E-state index is 11.2. The molecule has 0 unspecified atom stereocenters. The summed E-state index contributed by atoms with van der Waals surface area (Å²) in [5.74, 6) is 0.422. The first-order valence-corrected chi connectivity index (χ1v) is 12.2. The molecule has 0 spiro atoms. The highest BCUT2D eigenvalue weighted by molar-refractivity contribution is 5.93. The molecule has 0 atom stereocenters. The molecular weight excluding hydrogens is 446 g/mol. The molecule has 35 heavy (non-hydrogen) atoms. The van der Waals surface area contributed by atoms with Crippen LogP contribution in [-0.2, 0) is 9.53 Å². The van der Waals surface area contributed by atoms with Gasteiger partial charge in [0, 0.05) is 41.8 Å². The molecule has 0 saturated carbocycles. The van der Waals surface area contributed by atoms with Crippen molar-refractivity contribution < 1.29 is 14.6 Å². The van der Waals surface area contributed by atoms with Crippen molar-refractivity contribution in [1.29, 1.82) is 0 Å². The topological polar surface area (TPSA) is 112 Å². The van der Waals surface area contributed by atoms with Crippen LogP contribution in [0.4, 0.5) is 5.82 Å². The van der Waals surface area contributed by atoms with Gasteiger partial charge in [-0.15, -0.1) is 0 Å². The molecular formula is C25H29N7O3. The van der Waals surface area contributed by atoms with E-state index in [1.54, 1.807) is 0 Å². The summed E-state index contributed by atoms with van der Waals surface area (Å²) in [7, 11) is 0. The van der Waals surface area contributed by atoms with Gasteiger partial charge in [0.05, 0.1) is 42.9 Å². The quantitative estimate of drug-likeness (QED) is 0.453. The number of carboxylic acids is 1. The monoisotopic (exact) mass is 475 g/mol. The van der Waals surface area contributed by atoms with E-state index in [1.807, 2.05) is 23.2 Å². The Hall–Kier alpha value is -3.50. The average molecular weight is 476 g/mol. The molecule has 10 heteroatoms. The Labute approximate surface area is 202 Å². The minimum absolute atomic E-state index is 0.100. The number of imidazole rings is 1. The number of H-pyrrole nitrogens is 1. The molecule has 2 fully saturated rings. The summed E-state index contributed by atoms with van der Waals surface area (Å²) in [6.45, 7) is 6.61. The van der Waals surface area contributed by atoms with Gasteiger partial charge in [-0.1, -0.05) is 12.1 Å². The number of aliphatic carboxylic acids is 1. The normalized spacial score (nSPS) is 18.0. The van der Waals surface area contributed by atoms with E-state index in [4.69, 9.17) is 14.7 Å². The molecule has 4 aromatic rings. The molecule has 0 bridgehead atoms. The molecule has 2 aliphatic heterocycles. The number of hydrogen-bond donors (Lipinski definition) is 2. The van der Waals surface area contributed by atoms with Crippen molar-refractivity contribution in [2.45, 2.75) is 25.7 Å². The third-order valence-corrected chi connectivity index (χ3v) is 7.21. The van der Waals surface area contributed by atoms with E-state index in [2.05, 4.69) is 38.7 Å². The molecule has 2 saturated heterocycles. The predicted molar refractivity (Wildman–Crippen MR) is 132 cm³/mol. The second-order valence-electron chi connectivity index (χ2n) is 9.41. The molecule has 2 N–H and O–H groups in total. The highest BCUT2D eigenvalue weighted by Crippen LogP contribution is 2.35. The molecule has 0 aliphatic carbocycles. The van der Waals surface area contributed by atoms with E-state index in [0.29, 0.717) is 19.1 Å². The van der Waals surface area contributed by atoms with Crippen LogP contribution < -0.4 is 4.90 Å². The lowest BCUT2D eigenvalue weighted by atomic mass is 9.92. The number of anilines is 1. The van der Waals surface area contributed by atoms with Crippen molar-refractivity contribution in [3.05, 3.63) is 42.0 Å². The fourth-order valence-electron chi connectivity index (χ4n) is 5.52. The van der Waals surface area contributed by atoms with Gasteiger partial charge >= 0.3 is 5.97 Å². The summed E-state index contributed by atoms with van der Waals surface area (Å²) in [5, 5.41) is 17.5. The fourth-order valence-corrected chi connectivity index (χ4v) is 5.52. The number of carboxylic acid groups (broad SMARTS) is 1. The van der Waals surface area contributed by atoms with E-state index in [9.17, 15) is 9.90 Å². The number of carbonyl (C=O) groups is 1. The van der Waals surface area contributed by atoms with Crippen LogP contribution in [-0.4, -0.2) is 86.5 Å². The van der Waals surface area contributed by atoms with E-state index < -0.39 is 5.97 Å². The first-order valence-electron chi connectivity index (χ1n) is 12.2. The number of hydrogen-bond acceptors (Lipinski definition) is 7. The minimum atomic E-state index is -0.770. The van der Waals surface area contributed by atoms with Gasteiger partial charge in [0.1, 0.15) is 0 Å². The smallest absolute Gasteiger partial charge is 0.317 e. The first-order chi connectivity index (χ1) is 17.1. The predicted octanol–water partition coefficient (Wildman–Crippen LogP) is 2.68. The van der Waals surface area contributed by atoms with Gasteiger partial charge in [-0.05, 0) is 38.9 Å². The van der Waals surface area contributed by atoms with Crippen molar-refractivity contribution in [2.75, 3.05) is 50.8 Å². The molecule has 2 aliphatic rings. The lowest BCUT2D eigenvalue weighted by Gasteiger charge is -2.31. The fraction of sp³-hybridized carbons (Fsp3) is 0.440. The van der Waals surface area contributed by atoms with Crippen molar-refractivity contribution in [3.63, 3.8) is 0 Å². The average Bonchev–Trinajstić information content (AvgIpc) is 3.48. The van der Waals surface area contributed by atoms with Gasteiger partial charge in [-0.2, -0.15) is 5.10 Å². The van der Waals surface area contributed by atoms with Gasteiger partial charge in [0.2, 0.25) is 0 Å². The third-order valence-electron chi connectivity index (χ3n) is 7.21. The molecule has 5 heterocycles. The maximum absolute atomic E-state index is 11.2. The Morgan fingerprint density at radius 2 is 1.97 bits per heavy atom. The zero-order valence-electron chi connectivity index (χ0n) is 19.8. The first kappa shape index (κ1) is 22.0. The number of ether oxygens (including phenoxy) is 1. The Morgan fingerprint density at radius 3 is 2.74 bits per heavy atom. The summed E-state index contributed by atoms with van der Waals surface area (Å²) in [6.07, 6.45) is 5.77. The summed E-state index contributed by atoms with van der Waals surface area (Å²) < 4.78 is 7.84. The minimum Gasteiger partial charge on any atom is -0.480 e. The van der Waals surface area contributed by atoms with Gasteiger partial charge in [-0.25, -0.2) is 9.97 Å². The second kappa shape index (κ2) is 8.94. The number of nitrogens with one attached hydrogen (secondary N) is 1. The third kappa shape index (κ3) is 4.02. The van der Waals surface area contributed by atoms with Crippen LogP contribution in [0.3, 0.4) is 0 Å². The highest BCUT2D eigenvalue weighted by atomic mass is 16.5. The van der Waals surface area contributed by atoms with Crippen LogP contribution in [0.2, 0.25) is 0 Å². The van der Waals surface area contributed by atoms with Crippen LogP contribution in [0.15, 0.2) is 30.6 Å². The number of aryl methyl sites for hydroxylation is 1. The maximum Gasteiger partial charge on any atom is 0.317 e. The Bertz CT molecular complexity index is 1380. The van der Waals surface area contributed by atoms with Gasteiger partial charge in [0.15, 0.2) is 11.5 Å². The van der Waals surface area contributed by atoms with E-state index >= 15 is 0 Å². The largest absolute Gasteiger partial charge is 0.480 e. The second-order valence-corrected chi connectivity index (χ2v) is 9.41. The lowest BCUT2D eigenvalue weighted by Crippen LogP contribution is -2.37. The molecule has 0 amide bonds. The van der Waals surface area contributed by atoms with Gasteiger partial charge in [-0.3, -0.25) is 19.2 Å². The standard InChI is InChI=1S/C25H29N7O3/c1-16-23(17-5-7-30(8-6-17)15-22(33)34)32-14-21(18-3-2-4-20-19(18)13-26-29-20)28-24(25(32)27-16)31-9-11-35-12-10-31/h2-4,13-14,17H,5-12,15H2,1H3,(H,26,29)(H,33,34). The summed E-state index contributed by atoms with van der Waals surface area (Å²) in [5.41, 5.74) is 5.97. The van der Waals surface area contributed by atoms with Crippen LogP contribution in [0.5, 0.6) is 0 Å². The zero-order chi connectivity index (χ0) is 23.9. The van der Waals surface area contributed by atoms with Crippen molar-refractivity contribution in [1.82, 2.24) is 29.5 Å². The molecule has 10 nitrogen and oxygen atoms in total. The van der Waals surface area contributed by atoms with Crippen molar-refractivity contribution in [3.8, 4) is 11.3 Å². The molecule has 6 rings (SSSR count). The van der Waals surface area contributed by atoms with Crippen LogP contribution in [0.25, 0.3) is 27.8 Å². The molecule has 0 radical (unpaired) electrons. The van der Waals surface area contributed by atoms with Crippen LogP contribution in [0, 0.1) is 6.92 Å². The Morgan fingerprint density at radius 1 is 1.17 bits per heavy atom. The van der Waals surface area contributed by atoms with E-state index in [-0.39, 0.29) is 6.54 Å². The number of benzene rings is 1. The number of morpholine rings is 1. The number of aromatic nitrogens is 5. The number of nitrogens with zero attached hydrogens (tertiary/aromatic N) is 6.